The van der Waals surface area contributed by atoms with Crippen LogP contribution in [0.1, 0.15) is 16.8 Å². The molecule has 1 aromatic heterocycles. The second-order valence-corrected chi connectivity index (χ2v) is 4.89. The molecule has 0 saturated heterocycles. The highest BCUT2D eigenvalue weighted by molar-refractivity contribution is 14.1. The zero-order valence-corrected chi connectivity index (χ0v) is 11.2. The van der Waals surface area contributed by atoms with Gasteiger partial charge in [-0.2, -0.15) is 0 Å². The molecule has 0 fully saturated rings. The molecule has 0 spiro atoms. The molecule has 0 bridgehead atoms. The molecular formula is C14H10INO. The second-order valence-electron chi connectivity index (χ2n) is 3.81. The number of hydrogen-bond donors (Lipinski definition) is 0. The van der Waals surface area contributed by atoms with Gasteiger partial charge in [0.15, 0.2) is 0 Å². The predicted octanol–water partition coefficient (Wildman–Crippen LogP) is 3.87. The number of aromatic nitrogens is 1. The summed E-state index contributed by atoms with van der Waals surface area (Å²) >= 11 is 2.31. The van der Waals surface area contributed by atoms with Gasteiger partial charge >= 0.3 is 0 Å². The van der Waals surface area contributed by atoms with Crippen LogP contribution in [0.3, 0.4) is 0 Å². The van der Waals surface area contributed by atoms with Crippen molar-refractivity contribution in [1.29, 1.82) is 0 Å². The van der Waals surface area contributed by atoms with Crippen molar-refractivity contribution in [1.82, 2.24) is 4.98 Å². The summed E-state index contributed by atoms with van der Waals surface area (Å²) in [6.07, 6.45) is 1.82. The molecule has 2 aromatic rings. The van der Waals surface area contributed by atoms with Crippen molar-refractivity contribution in [3.05, 3.63) is 65.5 Å². The third-order valence-electron chi connectivity index (χ3n) is 2.71. The van der Waals surface area contributed by atoms with E-state index in [0.717, 1.165) is 26.2 Å². The highest BCUT2D eigenvalue weighted by atomic mass is 127. The first-order valence-corrected chi connectivity index (χ1v) is 6.46. The van der Waals surface area contributed by atoms with Crippen molar-refractivity contribution in [3.8, 4) is 0 Å². The molecule has 84 valence electrons. The van der Waals surface area contributed by atoms with Gasteiger partial charge in [-0.3, -0.25) is 4.98 Å². The van der Waals surface area contributed by atoms with Crippen molar-refractivity contribution in [2.45, 2.75) is 6.61 Å². The molecule has 2 heterocycles. The highest BCUT2D eigenvalue weighted by Gasteiger charge is 2.20. The van der Waals surface area contributed by atoms with Crippen LogP contribution in [0.25, 0.3) is 9.34 Å². The van der Waals surface area contributed by atoms with Gasteiger partial charge in [0.1, 0.15) is 12.4 Å². The van der Waals surface area contributed by atoms with Crippen LogP contribution in [0.5, 0.6) is 0 Å². The van der Waals surface area contributed by atoms with E-state index >= 15 is 0 Å². The van der Waals surface area contributed by atoms with E-state index in [0.29, 0.717) is 6.61 Å². The summed E-state index contributed by atoms with van der Waals surface area (Å²) in [4.78, 5) is 4.43. The molecule has 0 atom stereocenters. The number of ether oxygens (including phenoxy) is 1. The molecule has 0 N–H and O–H groups in total. The Morgan fingerprint density at radius 1 is 1.06 bits per heavy atom. The number of nitrogens with zero attached hydrogens (tertiary/aromatic N) is 1. The lowest BCUT2D eigenvalue weighted by Gasteiger charge is -2.20. The average Bonchev–Trinajstić information content (AvgIpc) is 2.40. The number of hydrogen-bond acceptors (Lipinski definition) is 2. The van der Waals surface area contributed by atoms with Crippen LogP contribution >= 0.6 is 22.6 Å². The first kappa shape index (κ1) is 10.8. The Morgan fingerprint density at radius 3 is 2.71 bits per heavy atom. The maximum atomic E-state index is 5.83. The molecule has 1 aliphatic heterocycles. The lowest BCUT2D eigenvalue weighted by Crippen LogP contribution is -2.06. The minimum atomic E-state index is 0.597. The summed E-state index contributed by atoms with van der Waals surface area (Å²) in [5.74, 6) is 0.928. The van der Waals surface area contributed by atoms with Gasteiger partial charge in [-0.15, -0.1) is 0 Å². The summed E-state index contributed by atoms with van der Waals surface area (Å²) < 4.78 is 6.91. The van der Waals surface area contributed by atoms with E-state index in [1.165, 1.54) is 0 Å². The number of pyridine rings is 1. The van der Waals surface area contributed by atoms with E-state index in [-0.39, 0.29) is 0 Å². The number of benzene rings is 1. The van der Waals surface area contributed by atoms with Gasteiger partial charge in [-0.05, 0) is 28.7 Å². The smallest absolute Gasteiger partial charge is 0.142 e. The molecule has 1 aliphatic rings. The molecule has 0 saturated carbocycles. The summed E-state index contributed by atoms with van der Waals surface area (Å²) in [7, 11) is 0. The van der Waals surface area contributed by atoms with Crippen LogP contribution in [0.15, 0.2) is 48.7 Å². The molecule has 3 heteroatoms. The van der Waals surface area contributed by atoms with Gasteiger partial charge in [0.2, 0.25) is 0 Å². The third kappa shape index (κ3) is 1.95. The molecule has 0 amide bonds. The first-order chi connectivity index (χ1) is 8.36. The van der Waals surface area contributed by atoms with E-state index in [4.69, 9.17) is 4.74 Å². The summed E-state index contributed by atoms with van der Waals surface area (Å²) in [5.41, 5.74) is 3.29. The number of rotatable bonds is 1. The van der Waals surface area contributed by atoms with E-state index in [1.807, 2.05) is 30.5 Å². The monoisotopic (exact) mass is 335 g/mol. The molecule has 3 rings (SSSR count). The largest absolute Gasteiger partial charge is 0.487 e. The minimum absolute atomic E-state index is 0.597. The van der Waals surface area contributed by atoms with Crippen molar-refractivity contribution >= 4 is 31.9 Å². The van der Waals surface area contributed by atoms with Gasteiger partial charge in [0.05, 0.1) is 9.27 Å². The van der Waals surface area contributed by atoms with Gasteiger partial charge in [0, 0.05) is 17.3 Å². The number of fused-ring (bicyclic) bond motifs is 1. The Morgan fingerprint density at radius 2 is 1.88 bits per heavy atom. The quantitative estimate of drug-likeness (QED) is 0.738. The van der Waals surface area contributed by atoms with E-state index < -0.39 is 0 Å². The second kappa shape index (κ2) is 4.49. The van der Waals surface area contributed by atoms with Gasteiger partial charge in [-0.1, -0.05) is 36.4 Å². The van der Waals surface area contributed by atoms with Crippen LogP contribution in [0.4, 0.5) is 0 Å². The van der Waals surface area contributed by atoms with Crippen LogP contribution in [-0.4, -0.2) is 4.98 Å². The summed E-state index contributed by atoms with van der Waals surface area (Å²) in [6, 6.07) is 14.2. The summed E-state index contributed by atoms with van der Waals surface area (Å²) in [5, 5.41) is 0. The molecule has 1 aromatic carbocycles. The minimum Gasteiger partial charge on any atom is -0.487 e. The number of halogens is 1. The van der Waals surface area contributed by atoms with E-state index in [1.54, 1.807) is 0 Å². The maximum Gasteiger partial charge on any atom is 0.142 e. The van der Waals surface area contributed by atoms with Gasteiger partial charge in [0.25, 0.3) is 0 Å². The molecule has 0 aliphatic carbocycles. The SMILES string of the molecule is IC1=C(c2ccccc2)OCc2cccnc21. The summed E-state index contributed by atoms with van der Waals surface area (Å²) in [6.45, 7) is 0.597. The first-order valence-electron chi connectivity index (χ1n) is 5.38. The fourth-order valence-corrected chi connectivity index (χ4v) is 2.83. The van der Waals surface area contributed by atoms with Crippen molar-refractivity contribution in [2.75, 3.05) is 0 Å². The van der Waals surface area contributed by atoms with E-state index in [9.17, 15) is 0 Å². The zero-order valence-electron chi connectivity index (χ0n) is 9.06. The normalized spacial score (nSPS) is 14.2. The Balaban J connectivity index is 2.14. The Kier molecular flexibility index (Phi) is 2.84. The lowest BCUT2D eigenvalue weighted by molar-refractivity contribution is 0.261. The van der Waals surface area contributed by atoms with Gasteiger partial charge < -0.3 is 4.74 Å². The zero-order chi connectivity index (χ0) is 11.7. The maximum absolute atomic E-state index is 5.83. The van der Waals surface area contributed by atoms with E-state index in [2.05, 4.69) is 45.8 Å². The van der Waals surface area contributed by atoms with Crippen molar-refractivity contribution < 1.29 is 4.74 Å². The fraction of sp³-hybridized carbons (Fsp3) is 0.0714. The molecule has 2 nitrogen and oxygen atoms in total. The Bertz CT molecular complexity index is 578. The van der Waals surface area contributed by atoms with Crippen molar-refractivity contribution in [3.63, 3.8) is 0 Å². The Hall–Kier alpha value is -1.36. The predicted molar refractivity (Wildman–Crippen MR) is 76.3 cm³/mol. The Labute approximate surface area is 113 Å². The highest BCUT2D eigenvalue weighted by Crippen LogP contribution is 2.37. The van der Waals surface area contributed by atoms with Crippen LogP contribution in [-0.2, 0) is 11.3 Å². The third-order valence-corrected chi connectivity index (χ3v) is 3.71. The molecule has 0 unspecified atom stereocenters. The molecule has 17 heavy (non-hydrogen) atoms. The molecular weight excluding hydrogens is 325 g/mol. The van der Waals surface area contributed by atoms with Crippen molar-refractivity contribution in [2.24, 2.45) is 0 Å². The van der Waals surface area contributed by atoms with Crippen LogP contribution in [0, 0.1) is 0 Å². The van der Waals surface area contributed by atoms with Crippen LogP contribution < -0.4 is 0 Å². The topological polar surface area (TPSA) is 22.1 Å². The molecule has 0 radical (unpaired) electrons. The lowest BCUT2D eigenvalue weighted by atomic mass is 10.1. The fourth-order valence-electron chi connectivity index (χ4n) is 1.87. The van der Waals surface area contributed by atoms with Crippen LogP contribution in [0.2, 0.25) is 0 Å². The standard InChI is InChI=1S/C14H10INO/c15-12-13-11(7-4-8-16-13)9-17-14(12)10-5-2-1-3-6-10/h1-8H,9H2. The van der Waals surface area contributed by atoms with Gasteiger partial charge in [-0.25, -0.2) is 0 Å². The average molecular weight is 335 g/mol.